The lowest BCUT2D eigenvalue weighted by molar-refractivity contribution is 0.142. The van der Waals surface area contributed by atoms with Crippen LogP contribution in [0, 0.1) is 11.3 Å². The first kappa shape index (κ1) is 16.3. The van der Waals surface area contributed by atoms with Crippen molar-refractivity contribution in [3.8, 4) is 0 Å². The van der Waals surface area contributed by atoms with Gasteiger partial charge in [0.2, 0.25) is 0 Å². The molecule has 2 aliphatic rings. The van der Waals surface area contributed by atoms with Gasteiger partial charge in [0, 0.05) is 12.3 Å². The summed E-state index contributed by atoms with van der Waals surface area (Å²) >= 11 is 0. The van der Waals surface area contributed by atoms with Gasteiger partial charge in [0.1, 0.15) is 9.84 Å². The van der Waals surface area contributed by atoms with Crippen LogP contribution in [0.5, 0.6) is 0 Å². The van der Waals surface area contributed by atoms with E-state index in [4.69, 9.17) is 0 Å². The Morgan fingerprint density at radius 1 is 1.25 bits per heavy atom. The van der Waals surface area contributed by atoms with Crippen molar-refractivity contribution in [3.63, 3.8) is 0 Å². The average molecular weight is 301 g/mol. The van der Waals surface area contributed by atoms with Gasteiger partial charge in [-0.3, -0.25) is 0 Å². The lowest BCUT2D eigenvalue weighted by Crippen LogP contribution is -2.36. The van der Waals surface area contributed by atoms with Gasteiger partial charge in [-0.25, -0.2) is 8.42 Å². The Bertz CT molecular complexity index is 420. The topological polar surface area (TPSA) is 46.2 Å². The van der Waals surface area contributed by atoms with Crippen LogP contribution in [0.2, 0.25) is 0 Å². The van der Waals surface area contributed by atoms with Crippen LogP contribution < -0.4 is 5.32 Å². The summed E-state index contributed by atoms with van der Waals surface area (Å²) in [5, 5.41) is 3.57. The predicted octanol–water partition coefficient (Wildman–Crippen LogP) is 3.15. The number of sulfone groups is 1. The van der Waals surface area contributed by atoms with E-state index in [1.54, 1.807) is 0 Å². The maximum Gasteiger partial charge on any atom is 0.150 e. The Labute approximate surface area is 124 Å². The molecule has 2 aliphatic carbocycles. The van der Waals surface area contributed by atoms with Crippen LogP contribution in [-0.4, -0.2) is 32.5 Å². The molecule has 4 atom stereocenters. The molecular weight excluding hydrogens is 270 g/mol. The third-order valence-corrected chi connectivity index (χ3v) is 7.32. The average Bonchev–Trinajstić information content (AvgIpc) is 2.79. The smallest absolute Gasteiger partial charge is 0.150 e. The molecule has 2 saturated carbocycles. The monoisotopic (exact) mass is 301 g/mol. The second-order valence-corrected chi connectivity index (χ2v) is 9.69. The van der Waals surface area contributed by atoms with E-state index in [1.807, 2.05) is 0 Å². The highest BCUT2D eigenvalue weighted by atomic mass is 32.2. The van der Waals surface area contributed by atoms with Crippen molar-refractivity contribution in [3.05, 3.63) is 0 Å². The zero-order chi connectivity index (χ0) is 14.8. The minimum absolute atomic E-state index is 0.0827. The molecule has 0 aromatic rings. The van der Waals surface area contributed by atoms with Crippen molar-refractivity contribution in [1.82, 2.24) is 5.32 Å². The van der Waals surface area contributed by atoms with E-state index in [0.717, 1.165) is 25.8 Å². The van der Waals surface area contributed by atoms with Crippen molar-refractivity contribution in [1.29, 1.82) is 0 Å². The molecule has 2 rings (SSSR count). The van der Waals surface area contributed by atoms with E-state index in [1.165, 1.54) is 38.4 Å². The van der Waals surface area contributed by atoms with Gasteiger partial charge < -0.3 is 5.32 Å². The highest BCUT2D eigenvalue weighted by molar-refractivity contribution is 7.91. The minimum atomic E-state index is -2.86. The Morgan fingerprint density at radius 3 is 2.65 bits per heavy atom. The van der Waals surface area contributed by atoms with Crippen LogP contribution in [0.15, 0.2) is 0 Å². The van der Waals surface area contributed by atoms with E-state index in [-0.39, 0.29) is 5.25 Å². The van der Waals surface area contributed by atoms with E-state index < -0.39 is 9.84 Å². The molecule has 1 N–H and O–H groups in total. The van der Waals surface area contributed by atoms with Gasteiger partial charge in [-0.05, 0) is 62.8 Å². The molecule has 3 nitrogen and oxygen atoms in total. The summed E-state index contributed by atoms with van der Waals surface area (Å²) in [5.74, 6) is 0.601. The molecule has 2 fully saturated rings. The summed E-state index contributed by atoms with van der Waals surface area (Å²) in [6.07, 6.45) is 10.4. The van der Waals surface area contributed by atoms with Crippen LogP contribution in [0.4, 0.5) is 0 Å². The van der Waals surface area contributed by atoms with Crippen molar-refractivity contribution < 1.29 is 8.42 Å². The molecule has 0 aromatic carbocycles. The SMILES string of the molecule is CCCNC1CCC(C)(C2CCCC(S(C)(=O)=O)C2)C1. The molecule has 0 saturated heterocycles. The zero-order valence-electron chi connectivity index (χ0n) is 13.3. The van der Waals surface area contributed by atoms with E-state index in [0.29, 0.717) is 17.4 Å². The Hall–Kier alpha value is -0.0900. The normalized spacial score (nSPS) is 39.0. The molecule has 0 bridgehead atoms. The molecule has 20 heavy (non-hydrogen) atoms. The maximum atomic E-state index is 11.8. The first-order valence-corrected chi connectivity index (χ1v) is 10.2. The van der Waals surface area contributed by atoms with Gasteiger partial charge in [0.25, 0.3) is 0 Å². The largest absolute Gasteiger partial charge is 0.314 e. The molecule has 118 valence electrons. The fraction of sp³-hybridized carbons (Fsp3) is 1.00. The maximum absolute atomic E-state index is 11.8. The lowest BCUT2D eigenvalue weighted by Gasteiger charge is -2.39. The second kappa shape index (κ2) is 6.35. The molecule has 0 aromatic heterocycles. The Kier molecular flexibility index (Phi) is 5.17. The van der Waals surface area contributed by atoms with Gasteiger partial charge in [-0.1, -0.05) is 20.3 Å². The summed E-state index contributed by atoms with van der Waals surface area (Å²) in [6, 6.07) is 0.651. The highest BCUT2D eigenvalue weighted by Crippen LogP contribution is 2.50. The first-order chi connectivity index (χ1) is 9.35. The third kappa shape index (κ3) is 3.76. The number of hydrogen-bond donors (Lipinski definition) is 1. The minimum Gasteiger partial charge on any atom is -0.314 e. The van der Waals surface area contributed by atoms with Gasteiger partial charge in [0.05, 0.1) is 5.25 Å². The van der Waals surface area contributed by atoms with E-state index in [2.05, 4.69) is 19.2 Å². The summed E-state index contributed by atoms with van der Waals surface area (Å²) in [4.78, 5) is 0. The van der Waals surface area contributed by atoms with Crippen LogP contribution in [0.25, 0.3) is 0 Å². The molecule has 0 heterocycles. The molecule has 0 spiro atoms. The zero-order valence-corrected chi connectivity index (χ0v) is 14.1. The molecule has 0 radical (unpaired) electrons. The van der Waals surface area contributed by atoms with Crippen LogP contribution >= 0.6 is 0 Å². The lowest BCUT2D eigenvalue weighted by atomic mass is 9.68. The van der Waals surface area contributed by atoms with Crippen molar-refractivity contribution >= 4 is 9.84 Å². The quantitative estimate of drug-likeness (QED) is 0.848. The standard InChI is InChI=1S/C16H31NO2S/c1-4-10-17-14-8-9-16(2,12-14)13-6-5-7-15(11-13)20(3,18)19/h13-15,17H,4-12H2,1-3H3. The predicted molar refractivity (Wildman–Crippen MR) is 84.6 cm³/mol. The summed E-state index contributed by atoms with van der Waals surface area (Å²) in [5.41, 5.74) is 0.356. The molecule has 4 unspecified atom stereocenters. The summed E-state index contributed by atoms with van der Waals surface area (Å²) in [7, 11) is -2.86. The molecule has 0 amide bonds. The van der Waals surface area contributed by atoms with Crippen LogP contribution in [0.3, 0.4) is 0 Å². The fourth-order valence-corrected chi connectivity index (χ4v) is 5.51. The highest BCUT2D eigenvalue weighted by Gasteiger charge is 2.44. The molecule has 4 heteroatoms. The Morgan fingerprint density at radius 2 is 2.00 bits per heavy atom. The number of hydrogen-bond acceptors (Lipinski definition) is 3. The molecule has 0 aliphatic heterocycles. The van der Waals surface area contributed by atoms with E-state index >= 15 is 0 Å². The number of nitrogens with one attached hydrogen (secondary N) is 1. The van der Waals surface area contributed by atoms with Gasteiger partial charge >= 0.3 is 0 Å². The van der Waals surface area contributed by atoms with Crippen LogP contribution in [0.1, 0.15) is 65.2 Å². The fourth-order valence-electron chi connectivity index (χ4n) is 4.33. The first-order valence-electron chi connectivity index (χ1n) is 8.27. The number of rotatable bonds is 5. The summed E-state index contributed by atoms with van der Waals surface area (Å²) < 4.78 is 23.7. The van der Waals surface area contributed by atoms with E-state index in [9.17, 15) is 8.42 Å². The summed E-state index contributed by atoms with van der Waals surface area (Å²) in [6.45, 7) is 5.71. The van der Waals surface area contributed by atoms with Gasteiger partial charge in [0.15, 0.2) is 0 Å². The van der Waals surface area contributed by atoms with Crippen molar-refractivity contribution in [2.45, 2.75) is 76.5 Å². The molecular formula is C16H31NO2S. The third-order valence-electron chi connectivity index (χ3n) is 5.68. The van der Waals surface area contributed by atoms with Crippen molar-refractivity contribution in [2.24, 2.45) is 11.3 Å². The van der Waals surface area contributed by atoms with Crippen LogP contribution in [-0.2, 0) is 9.84 Å². The van der Waals surface area contributed by atoms with Gasteiger partial charge in [-0.15, -0.1) is 0 Å². The second-order valence-electron chi connectivity index (χ2n) is 7.36. The van der Waals surface area contributed by atoms with Gasteiger partial charge in [-0.2, -0.15) is 0 Å². The van der Waals surface area contributed by atoms with Crippen molar-refractivity contribution in [2.75, 3.05) is 12.8 Å². The Balaban J connectivity index is 1.97.